The second-order valence-corrected chi connectivity index (χ2v) is 10.9. The Morgan fingerprint density at radius 2 is 1.95 bits per heavy atom. The molecule has 1 aromatic heterocycles. The highest BCUT2D eigenvalue weighted by atomic mass is 35.5. The molecule has 3 aromatic rings. The number of imidazole rings is 1. The van der Waals surface area contributed by atoms with Gasteiger partial charge in [-0.3, -0.25) is 4.79 Å². The molecular weight excluding hydrogens is 539 g/mol. The van der Waals surface area contributed by atoms with Crippen molar-refractivity contribution in [1.29, 1.82) is 5.26 Å². The highest BCUT2D eigenvalue weighted by Crippen LogP contribution is 2.27. The molecule has 10 heteroatoms. The summed E-state index contributed by atoms with van der Waals surface area (Å²) in [5.41, 5.74) is 2.68. The van der Waals surface area contributed by atoms with E-state index < -0.39 is 5.54 Å². The van der Waals surface area contributed by atoms with Crippen molar-refractivity contribution in [2.45, 2.75) is 52.2 Å². The van der Waals surface area contributed by atoms with Gasteiger partial charge in [-0.25, -0.2) is 4.98 Å². The topological polar surface area (TPSA) is 86.0 Å². The van der Waals surface area contributed by atoms with Crippen molar-refractivity contribution < 1.29 is 4.79 Å². The molecule has 0 aliphatic rings. The van der Waals surface area contributed by atoms with E-state index in [1.54, 1.807) is 30.7 Å². The van der Waals surface area contributed by atoms with Crippen LogP contribution in [-0.2, 0) is 24.3 Å². The van der Waals surface area contributed by atoms with Crippen molar-refractivity contribution in [3.05, 3.63) is 87.4 Å². The van der Waals surface area contributed by atoms with Gasteiger partial charge in [0, 0.05) is 38.1 Å². The zero-order valence-corrected chi connectivity index (χ0v) is 24.1. The van der Waals surface area contributed by atoms with Gasteiger partial charge in [0.2, 0.25) is 5.91 Å². The summed E-state index contributed by atoms with van der Waals surface area (Å²) in [6.07, 6.45) is 4.52. The second-order valence-electron chi connectivity index (χ2n) is 9.73. The standard InChI is InChI=1S/C28H32Cl2N6OS/c1-4-12-33-27(38)35(17-22-6-5-7-24(29)26(22)30)18-28(2,3)34-25(37)13-23-15-32-19-36(23)16-21-10-8-20(14-31)9-11-21/h5-11,15,19H,4,12-13,16-18H2,1-3H3,(H,33,38)(H,34,37). The lowest BCUT2D eigenvalue weighted by atomic mass is 10.0. The molecule has 0 aliphatic carbocycles. The van der Waals surface area contributed by atoms with Gasteiger partial charge in [0.05, 0.1) is 40.0 Å². The number of carbonyl (C=O) groups excluding carboxylic acids is 1. The average molecular weight is 572 g/mol. The number of hydrogen-bond donors (Lipinski definition) is 2. The molecule has 0 spiro atoms. The first-order valence-corrected chi connectivity index (χ1v) is 13.5. The van der Waals surface area contributed by atoms with Crippen molar-refractivity contribution in [2.75, 3.05) is 13.1 Å². The summed E-state index contributed by atoms with van der Waals surface area (Å²) in [7, 11) is 0. The van der Waals surface area contributed by atoms with Crippen LogP contribution in [0.4, 0.5) is 0 Å². The summed E-state index contributed by atoms with van der Waals surface area (Å²) in [5.74, 6) is -0.121. The Labute approximate surface area is 239 Å². The molecular formula is C28H32Cl2N6OS. The van der Waals surface area contributed by atoms with Gasteiger partial charge >= 0.3 is 0 Å². The van der Waals surface area contributed by atoms with Gasteiger partial charge in [-0.05, 0) is 61.8 Å². The average Bonchev–Trinajstić information content (AvgIpc) is 3.30. The van der Waals surface area contributed by atoms with Gasteiger partial charge in [-0.1, -0.05) is 54.4 Å². The Kier molecular flexibility index (Phi) is 10.5. The number of nitriles is 1. The molecule has 200 valence electrons. The van der Waals surface area contributed by atoms with E-state index in [-0.39, 0.29) is 12.3 Å². The predicted molar refractivity (Wildman–Crippen MR) is 156 cm³/mol. The summed E-state index contributed by atoms with van der Waals surface area (Å²) in [5, 5.41) is 17.0. The van der Waals surface area contributed by atoms with Crippen molar-refractivity contribution in [3.63, 3.8) is 0 Å². The Morgan fingerprint density at radius 1 is 1.21 bits per heavy atom. The molecule has 0 bridgehead atoms. The summed E-state index contributed by atoms with van der Waals surface area (Å²) < 4.78 is 1.94. The van der Waals surface area contributed by atoms with E-state index in [0.29, 0.717) is 40.4 Å². The minimum Gasteiger partial charge on any atom is -0.363 e. The fourth-order valence-electron chi connectivity index (χ4n) is 4.04. The van der Waals surface area contributed by atoms with Crippen LogP contribution < -0.4 is 10.6 Å². The van der Waals surface area contributed by atoms with Crippen LogP contribution in [0.1, 0.15) is 49.6 Å². The number of thiocarbonyl (C=S) groups is 1. The number of amides is 1. The number of hydrogen-bond acceptors (Lipinski definition) is 4. The van der Waals surface area contributed by atoms with E-state index >= 15 is 0 Å². The van der Waals surface area contributed by atoms with Gasteiger partial charge in [-0.15, -0.1) is 0 Å². The van der Waals surface area contributed by atoms with Crippen molar-refractivity contribution in [1.82, 2.24) is 25.1 Å². The van der Waals surface area contributed by atoms with Crippen LogP contribution in [0.2, 0.25) is 10.0 Å². The molecule has 2 aromatic carbocycles. The quantitative estimate of drug-likeness (QED) is 0.303. The van der Waals surface area contributed by atoms with Crippen molar-refractivity contribution in [3.8, 4) is 6.07 Å². The number of carbonyl (C=O) groups is 1. The Bertz CT molecular complexity index is 1300. The number of nitrogens with zero attached hydrogens (tertiary/aromatic N) is 4. The first-order valence-electron chi connectivity index (χ1n) is 12.4. The summed E-state index contributed by atoms with van der Waals surface area (Å²) in [4.78, 5) is 19.3. The van der Waals surface area contributed by atoms with Crippen LogP contribution >= 0.6 is 35.4 Å². The first-order chi connectivity index (χ1) is 18.1. The minimum atomic E-state index is -0.599. The number of nitrogens with one attached hydrogen (secondary N) is 2. The summed E-state index contributed by atoms with van der Waals surface area (Å²) in [6.45, 7) is 8.22. The Morgan fingerprint density at radius 3 is 2.63 bits per heavy atom. The molecule has 2 N–H and O–H groups in total. The fourth-order valence-corrected chi connectivity index (χ4v) is 4.65. The van der Waals surface area contributed by atoms with Crippen LogP contribution in [-0.4, -0.2) is 44.1 Å². The molecule has 1 amide bonds. The van der Waals surface area contributed by atoms with Crippen molar-refractivity contribution in [2.24, 2.45) is 0 Å². The molecule has 0 saturated heterocycles. The van der Waals surface area contributed by atoms with Gasteiger partial charge in [0.1, 0.15) is 0 Å². The van der Waals surface area contributed by atoms with Crippen molar-refractivity contribution >= 4 is 46.4 Å². The lowest BCUT2D eigenvalue weighted by Crippen LogP contribution is -2.54. The molecule has 0 radical (unpaired) electrons. The molecule has 0 fully saturated rings. The van der Waals surface area contributed by atoms with E-state index in [1.807, 2.05) is 47.6 Å². The fraction of sp³-hybridized carbons (Fsp3) is 0.357. The highest BCUT2D eigenvalue weighted by Gasteiger charge is 2.26. The largest absolute Gasteiger partial charge is 0.363 e. The smallest absolute Gasteiger partial charge is 0.226 e. The van der Waals surface area contributed by atoms with E-state index in [2.05, 4.69) is 28.6 Å². The Hall–Kier alpha value is -3.12. The molecule has 7 nitrogen and oxygen atoms in total. The maximum Gasteiger partial charge on any atom is 0.226 e. The van der Waals surface area contributed by atoms with E-state index in [9.17, 15) is 4.79 Å². The molecule has 0 saturated carbocycles. The van der Waals surface area contributed by atoms with Crippen LogP contribution in [0, 0.1) is 11.3 Å². The van der Waals surface area contributed by atoms with E-state index in [1.165, 1.54) is 0 Å². The second kappa shape index (κ2) is 13.6. The zero-order valence-electron chi connectivity index (χ0n) is 21.8. The van der Waals surface area contributed by atoms with Crippen LogP contribution in [0.25, 0.3) is 0 Å². The van der Waals surface area contributed by atoms with Gasteiger partial charge in [0.25, 0.3) is 0 Å². The van der Waals surface area contributed by atoms with Gasteiger partial charge in [0.15, 0.2) is 5.11 Å². The third-order valence-electron chi connectivity index (χ3n) is 5.85. The van der Waals surface area contributed by atoms with Gasteiger partial charge < -0.3 is 20.1 Å². The molecule has 3 rings (SSSR count). The maximum atomic E-state index is 13.1. The minimum absolute atomic E-state index is 0.121. The molecule has 0 aliphatic heterocycles. The summed E-state index contributed by atoms with van der Waals surface area (Å²) >= 11 is 18.4. The van der Waals surface area contributed by atoms with Crippen LogP contribution in [0.15, 0.2) is 55.0 Å². The molecule has 0 unspecified atom stereocenters. The van der Waals surface area contributed by atoms with E-state index in [4.69, 9.17) is 40.7 Å². The number of halogens is 2. The normalized spacial score (nSPS) is 11.1. The molecule has 0 atom stereocenters. The number of aromatic nitrogens is 2. The van der Waals surface area contributed by atoms with Crippen LogP contribution in [0.3, 0.4) is 0 Å². The molecule has 38 heavy (non-hydrogen) atoms. The van der Waals surface area contributed by atoms with Crippen LogP contribution in [0.5, 0.6) is 0 Å². The Balaban J connectivity index is 1.67. The predicted octanol–water partition coefficient (Wildman–Crippen LogP) is 5.33. The third-order valence-corrected chi connectivity index (χ3v) is 7.11. The lowest BCUT2D eigenvalue weighted by molar-refractivity contribution is -0.122. The number of benzene rings is 2. The summed E-state index contributed by atoms with van der Waals surface area (Å²) in [6, 6.07) is 15.0. The third kappa shape index (κ3) is 8.45. The van der Waals surface area contributed by atoms with Gasteiger partial charge in [-0.2, -0.15) is 5.26 Å². The first kappa shape index (κ1) is 29.4. The maximum absolute atomic E-state index is 13.1. The SMILES string of the molecule is CCCNC(=S)N(Cc1cccc(Cl)c1Cl)CC(C)(C)NC(=O)Cc1cncn1Cc1ccc(C#N)cc1. The highest BCUT2D eigenvalue weighted by molar-refractivity contribution is 7.80. The van der Waals surface area contributed by atoms with E-state index in [0.717, 1.165) is 29.8 Å². The zero-order chi connectivity index (χ0) is 27.7. The number of rotatable bonds is 11. The molecule has 1 heterocycles. The monoisotopic (exact) mass is 570 g/mol. The lowest BCUT2D eigenvalue weighted by Gasteiger charge is -2.35.